The molecule has 4 rings (SSSR count). The van der Waals surface area contributed by atoms with E-state index in [9.17, 15) is 14.0 Å². The summed E-state index contributed by atoms with van der Waals surface area (Å²) in [4.78, 5) is 25.6. The standard InChI is InChI=1S/C20H22FN3O3/c1-12-9-13(2)24(22-12)17-4-3-14(10-16(17)21)18(25)23-7-5-20(6-8-23)11-15(20)19(26)27/h3-4,9-10,15H,5-8,11H2,1-2H3,(H,26,27). The fourth-order valence-corrected chi connectivity index (χ4v) is 4.27. The predicted molar refractivity (Wildman–Crippen MR) is 96.3 cm³/mol. The van der Waals surface area contributed by atoms with Crippen LogP contribution in [0.25, 0.3) is 5.69 Å². The molecule has 1 atom stereocenters. The van der Waals surface area contributed by atoms with E-state index in [0.29, 0.717) is 43.6 Å². The third kappa shape index (κ3) is 3.01. The lowest BCUT2D eigenvalue weighted by molar-refractivity contribution is -0.139. The van der Waals surface area contributed by atoms with Gasteiger partial charge in [-0.15, -0.1) is 0 Å². The summed E-state index contributed by atoms with van der Waals surface area (Å²) in [6.45, 7) is 4.73. The molecule has 1 unspecified atom stereocenters. The third-order valence-electron chi connectivity index (χ3n) is 5.97. The van der Waals surface area contributed by atoms with Gasteiger partial charge >= 0.3 is 5.97 Å². The Kier molecular flexibility index (Phi) is 4.05. The van der Waals surface area contributed by atoms with E-state index in [4.69, 9.17) is 5.11 Å². The zero-order valence-electron chi connectivity index (χ0n) is 15.4. The van der Waals surface area contributed by atoms with Crippen molar-refractivity contribution in [1.82, 2.24) is 14.7 Å². The number of aromatic nitrogens is 2. The number of benzene rings is 1. The van der Waals surface area contributed by atoms with Crippen LogP contribution in [0, 0.1) is 31.0 Å². The molecule has 7 heteroatoms. The highest BCUT2D eigenvalue weighted by atomic mass is 19.1. The molecule has 1 aromatic heterocycles. The van der Waals surface area contributed by atoms with Crippen LogP contribution in [0.15, 0.2) is 24.3 Å². The maximum Gasteiger partial charge on any atom is 0.307 e. The molecule has 142 valence electrons. The van der Waals surface area contributed by atoms with Gasteiger partial charge in [0.15, 0.2) is 0 Å². The van der Waals surface area contributed by atoms with Crippen molar-refractivity contribution in [3.05, 3.63) is 47.0 Å². The quantitative estimate of drug-likeness (QED) is 0.900. The molecular formula is C20H22FN3O3. The lowest BCUT2D eigenvalue weighted by Gasteiger charge is -2.32. The molecule has 1 aliphatic carbocycles. The monoisotopic (exact) mass is 371 g/mol. The first-order valence-corrected chi connectivity index (χ1v) is 9.16. The van der Waals surface area contributed by atoms with Crippen molar-refractivity contribution in [2.45, 2.75) is 33.1 Å². The maximum atomic E-state index is 14.6. The van der Waals surface area contributed by atoms with Crippen molar-refractivity contribution in [2.75, 3.05) is 13.1 Å². The molecule has 1 amide bonds. The Labute approximate surface area is 156 Å². The van der Waals surface area contributed by atoms with Gasteiger partial charge in [-0.05, 0) is 62.8 Å². The second kappa shape index (κ2) is 6.18. The number of rotatable bonds is 3. The van der Waals surface area contributed by atoms with Crippen LogP contribution in [0.5, 0.6) is 0 Å². The Hall–Kier alpha value is -2.70. The van der Waals surface area contributed by atoms with E-state index >= 15 is 0 Å². The third-order valence-corrected chi connectivity index (χ3v) is 5.97. The summed E-state index contributed by atoms with van der Waals surface area (Å²) in [5.41, 5.74) is 2.11. The van der Waals surface area contributed by atoms with Crippen molar-refractivity contribution < 1.29 is 19.1 Å². The number of amides is 1. The zero-order chi connectivity index (χ0) is 19.3. The summed E-state index contributed by atoms with van der Waals surface area (Å²) in [5, 5.41) is 13.4. The Balaban J connectivity index is 1.48. The van der Waals surface area contributed by atoms with E-state index in [1.54, 1.807) is 17.0 Å². The molecule has 2 fully saturated rings. The molecule has 1 saturated carbocycles. The number of aryl methyl sites for hydroxylation is 2. The molecule has 1 N–H and O–H groups in total. The van der Waals surface area contributed by atoms with Crippen molar-refractivity contribution in [3.63, 3.8) is 0 Å². The van der Waals surface area contributed by atoms with Crippen LogP contribution < -0.4 is 0 Å². The minimum Gasteiger partial charge on any atom is -0.481 e. The van der Waals surface area contributed by atoms with Crippen molar-refractivity contribution in [1.29, 1.82) is 0 Å². The number of halogens is 1. The summed E-state index contributed by atoms with van der Waals surface area (Å²) in [6.07, 6.45) is 2.10. The summed E-state index contributed by atoms with van der Waals surface area (Å²) in [5.74, 6) is -1.71. The Morgan fingerprint density at radius 3 is 2.44 bits per heavy atom. The molecule has 2 heterocycles. The number of nitrogens with zero attached hydrogens (tertiary/aromatic N) is 3. The van der Waals surface area contributed by atoms with Crippen LogP contribution in [-0.2, 0) is 4.79 Å². The van der Waals surface area contributed by atoms with Gasteiger partial charge in [0.1, 0.15) is 11.5 Å². The predicted octanol–water partition coefficient (Wildman–Crippen LogP) is 2.96. The van der Waals surface area contributed by atoms with Gasteiger partial charge in [0, 0.05) is 24.3 Å². The summed E-state index contributed by atoms with van der Waals surface area (Å²) < 4.78 is 16.2. The zero-order valence-corrected chi connectivity index (χ0v) is 15.4. The topological polar surface area (TPSA) is 75.4 Å². The normalized spacial score (nSPS) is 20.7. The van der Waals surface area contributed by atoms with Gasteiger partial charge in [-0.1, -0.05) is 0 Å². The minimum absolute atomic E-state index is 0.132. The molecule has 2 aliphatic rings. The second-order valence-electron chi connectivity index (χ2n) is 7.75. The molecule has 0 bridgehead atoms. The fourth-order valence-electron chi connectivity index (χ4n) is 4.27. The number of carbonyl (C=O) groups excluding carboxylic acids is 1. The molecule has 0 radical (unpaired) electrons. The molecule has 27 heavy (non-hydrogen) atoms. The van der Waals surface area contributed by atoms with Gasteiger partial charge in [-0.25, -0.2) is 9.07 Å². The van der Waals surface area contributed by atoms with E-state index in [1.807, 2.05) is 19.9 Å². The Bertz CT molecular complexity index is 929. The van der Waals surface area contributed by atoms with E-state index in [1.165, 1.54) is 10.7 Å². The first-order valence-electron chi connectivity index (χ1n) is 9.16. The molecule has 1 aromatic carbocycles. The van der Waals surface area contributed by atoms with E-state index in [0.717, 1.165) is 11.4 Å². The maximum absolute atomic E-state index is 14.6. The van der Waals surface area contributed by atoms with Gasteiger partial charge in [0.25, 0.3) is 5.91 Å². The van der Waals surface area contributed by atoms with Crippen LogP contribution in [0.2, 0.25) is 0 Å². The largest absolute Gasteiger partial charge is 0.481 e. The Morgan fingerprint density at radius 1 is 1.22 bits per heavy atom. The molecular weight excluding hydrogens is 349 g/mol. The number of hydrogen-bond donors (Lipinski definition) is 1. The van der Waals surface area contributed by atoms with Crippen LogP contribution in [-0.4, -0.2) is 44.8 Å². The second-order valence-corrected chi connectivity index (χ2v) is 7.75. The lowest BCUT2D eigenvalue weighted by atomic mass is 9.90. The SMILES string of the molecule is Cc1cc(C)n(-c2ccc(C(=O)N3CCC4(CC3)CC4C(=O)O)cc2F)n1. The van der Waals surface area contributed by atoms with Crippen molar-refractivity contribution >= 4 is 11.9 Å². The average molecular weight is 371 g/mol. The van der Waals surface area contributed by atoms with E-state index < -0.39 is 11.8 Å². The van der Waals surface area contributed by atoms with Gasteiger partial charge < -0.3 is 10.0 Å². The highest BCUT2D eigenvalue weighted by molar-refractivity contribution is 5.94. The summed E-state index contributed by atoms with van der Waals surface area (Å²) in [6, 6.07) is 6.33. The van der Waals surface area contributed by atoms with E-state index in [2.05, 4.69) is 5.10 Å². The molecule has 6 nitrogen and oxygen atoms in total. The number of hydrogen-bond acceptors (Lipinski definition) is 3. The minimum atomic E-state index is -0.739. The van der Waals surface area contributed by atoms with Crippen LogP contribution in [0.4, 0.5) is 4.39 Å². The lowest BCUT2D eigenvalue weighted by Crippen LogP contribution is -2.40. The smallest absolute Gasteiger partial charge is 0.307 e. The van der Waals surface area contributed by atoms with Crippen molar-refractivity contribution in [3.8, 4) is 5.69 Å². The number of carboxylic acid groups (broad SMARTS) is 1. The molecule has 1 saturated heterocycles. The van der Waals surface area contributed by atoms with Gasteiger partial charge in [-0.3, -0.25) is 9.59 Å². The van der Waals surface area contributed by atoms with Crippen LogP contribution >= 0.6 is 0 Å². The van der Waals surface area contributed by atoms with Gasteiger partial charge in [-0.2, -0.15) is 5.10 Å². The fraction of sp³-hybridized carbons (Fsp3) is 0.450. The number of carbonyl (C=O) groups is 2. The van der Waals surface area contributed by atoms with Crippen LogP contribution in [0.1, 0.15) is 41.0 Å². The molecule has 2 aromatic rings. The first kappa shape index (κ1) is 17.7. The first-order chi connectivity index (χ1) is 12.8. The van der Waals surface area contributed by atoms with Crippen molar-refractivity contribution in [2.24, 2.45) is 11.3 Å². The number of carboxylic acids is 1. The Morgan fingerprint density at radius 2 is 1.93 bits per heavy atom. The van der Waals surface area contributed by atoms with Crippen LogP contribution in [0.3, 0.4) is 0 Å². The number of likely N-dealkylation sites (tertiary alicyclic amines) is 1. The van der Waals surface area contributed by atoms with E-state index in [-0.39, 0.29) is 17.2 Å². The highest BCUT2D eigenvalue weighted by Gasteiger charge is 2.59. The molecule has 1 spiro atoms. The summed E-state index contributed by atoms with van der Waals surface area (Å²) >= 11 is 0. The highest BCUT2D eigenvalue weighted by Crippen LogP contribution is 2.59. The molecule has 1 aliphatic heterocycles. The van der Waals surface area contributed by atoms with Gasteiger partial charge in [0.05, 0.1) is 11.6 Å². The summed E-state index contributed by atoms with van der Waals surface area (Å²) in [7, 11) is 0. The average Bonchev–Trinajstić information content (AvgIpc) is 3.23. The van der Waals surface area contributed by atoms with Gasteiger partial charge in [0.2, 0.25) is 0 Å². The number of aliphatic carboxylic acids is 1. The number of piperidine rings is 1.